The van der Waals surface area contributed by atoms with Gasteiger partial charge in [0.25, 0.3) is 0 Å². The first-order valence-corrected chi connectivity index (χ1v) is 18.5. The van der Waals surface area contributed by atoms with Crippen LogP contribution in [0.25, 0.3) is 98.9 Å². The molecule has 0 bridgehead atoms. The summed E-state index contributed by atoms with van der Waals surface area (Å²) in [7, 11) is 0. The lowest BCUT2D eigenvalue weighted by atomic mass is 10.0. The van der Waals surface area contributed by atoms with Gasteiger partial charge in [0.05, 0.1) is 27.8 Å². The zero-order valence-electron chi connectivity index (χ0n) is 29.2. The molecule has 254 valence electrons. The number of rotatable bonds is 5. The Morgan fingerprint density at radius 1 is 0.426 bits per heavy atom. The van der Waals surface area contributed by atoms with E-state index < -0.39 is 0 Å². The average Bonchev–Trinajstić information content (AvgIpc) is 3.98. The molecule has 0 aliphatic carbocycles. The summed E-state index contributed by atoms with van der Waals surface area (Å²) in [5, 5.41) is 9.36. The Bertz CT molecular complexity index is 3410. The van der Waals surface area contributed by atoms with E-state index >= 15 is 0 Å². The van der Waals surface area contributed by atoms with E-state index in [-0.39, 0.29) is 0 Å². The first-order valence-electron chi connectivity index (χ1n) is 18.5. The molecule has 0 aliphatic heterocycles. The van der Waals surface area contributed by atoms with E-state index in [0.717, 1.165) is 79.0 Å². The van der Waals surface area contributed by atoms with Crippen molar-refractivity contribution in [1.29, 1.82) is 0 Å². The van der Waals surface area contributed by atoms with Crippen molar-refractivity contribution in [1.82, 2.24) is 14.1 Å². The van der Waals surface area contributed by atoms with Crippen LogP contribution in [0.4, 0.5) is 0 Å². The Labute approximate surface area is 308 Å². The number of nitrogens with zero attached hydrogens (tertiary/aromatic N) is 3. The number of benzene rings is 7. The lowest BCUT2D eigenvalue weighted by molar-refractivity contribution is 0.662. The average molecular weight is 694 g/mol. The second-order valence-corrected chi connectivity index (χ2v) is 14.3. The van der Waals surface area contributed by atoms with Crippen molar-refractivity contribution >= 4 is 87.5 Å². The maximum absolute atomic E-state index is 6.62. The second kappa shape index (κ2) is 11.2. The molecule has 0 saturated carbocycles. The van der Waals surface area contributed by atoms with Gasteiger partial charge in [-0.3, -0.25) is 4.98 Å². The van der Waals surface area contributed by atoms with Crippen LogP contribution >= 0.6 is 0 Å². The molecule has 0 radical (unpaired) electrons. The Hall–Kier alpha value is -7.11. The highest BCUT2D eigenvalue weighted by Gasteiger charge is 2.19. The zero-order chi connectivity index (χ0) is 35.3. The van der Waals surface area contributed by atoms with E-state index in [4.69, 9.17) is 8.83 Å². The lowest BCUT2D eigenvalue weighted by Gasteiger charge is -2.09. The highest BCUT2D eigenvalue weighted by Crippen LogP contribution is 2.39. The first-order chi connectivity index (χ1) is 26.8. The summed E-state index contributed by atoms with van der Waals surface area (Å²) in [6.45, 7) is 0. The van der Waals surface area contributed by atoms with Gasteiger partial charge >= 0.3 is 0 Å². The van der Waals surface area contributed by atoms with Crippen LogP contribution in [0.15, 0.2) is 173 Å². The van der Waals surface area contributed by atoms with Crippen molar-refractivity contribution in [3.63, 3.8) is 0 Å². The molecule has 5 aromatic heterocycles. The molecule has 5 nitrogen and oxygen atoms in total. The van der Waals surface area contributed by atoms with Gasteiger partial charge in [-0.05, 0) is 84.6 Å². The molecule has 0 atom stereocenters. The largest absolute Gasteiger partial charge is 0.456 e. The molecule has 0 saturated heterocycles. The number of para-hydroxylation sites is 5. The summed E-state index contributed by atoms with van der Waals surface area (Å²) >= 11 is 0. The third kappa shape index (κ3) is 4.18. The van der Waals surface area contributed by atoms with Crippen molar-refractivity contribution in [3.8, 4) is 11.4 Å². The van der Waals surface area contributed by atoms with Crippen LogP contribution in [0, 0.1) is 0 Å². The molecule has 5 heterocycles. The molecule has 0 aliphatic rings. The summed E-state index contributed by atoms with van der Waals surface area (Å²) in [5.74, 6) is 0. The number of hydrogen-bond acceptors (Lipinski definition) is 3. The molecular formula is C49H31N3O2. The summed E-state index contributed by atoms with van der Waals surface area (Å²) in [6, 6.07) is 54.1. The van der Waals surface area contributed by atoms with E-state index in [0.29, 0.717) is 0 Å². The van der Waals surface area contributed by atoms with Crippen molar-refractivity contribution in [2.24, 2.45) is 0 Å². The van der Waals surface area contributed by atoms with Crippen molar-refractivity contribution in [2.45, 2.75) is 12.8 Å². The molecule has 12 aromatic rings. The fourth-order valence-electron chi connectivity index (χ4n) is 8.90. The lowest BCUT2D eigenvalue weighted by Crippen LogP contribution is -1.95. The molecule has 12 rings (SSSR count). The van der Waals surface area contributed by atoms with Crippen molar-refractivity contribution in [3.05, 3.63) is 175 Å². The van der Waals surface area contributed by atoms with E-state index in [1.807, 2.05) is 24.5 Å². The predicted molar refractivity (Wildman–Crippen MR) is 221 cm³/mol. The minimum atomic E-state index is 0.867. The second-order valence-electron chi connectivity index (χ2n) is 14.3. The van der Waals surface area contributed by atoms with E-state index in [9.17, 15) is 0 Å². The van der Waals surface area contributed by atoms with E-state index in [1.165, 1.54) is 43.8 Å². The number of hydrogen-bond donors (Lipinski definition) is 0. The van der Waals surface area contributed by atoms with Crippen LogP contribution in [0.5, 0.6) is 0 Å². The van der Waals surface area contributed by atoms with Gasteiger partial charge in [-0.25, -0.2) is 0 Å². The van der Waals surface area contributed by atoms with Gasteiger partial charge in [0.2, 0.25) is 0 Å². The number of pyridine rings is 1. The molecule has 0 unspecified atom stereocenters. The first kappa shape index (κ1) is 29.5. The minimum Gasteiger partial charge on any atom is -0.456 e. The molecule has 5 heteroatoms. The third-order valence-electron chi connectivity index (χ3n) is 11.3. The monoisotopic (exact) mass is 693 g/mol. The van der Waals surface area contributed by atoms with Crippen LogP contribution in [0.1, 0.15) is 11.1 Å². The summed E-state index contributed by atoms with van der Waals surface area (Å²) < 4.78 is 17.8. The number of aromatic nitrogens is 3. The number of furan rings is 2. The zero-order valence-corrected chi connectivity index (χ0v) is 29.2. The standard InChI is InChI=1S/C49H31N3O2/c1-5-16-42-33(10-1)38-27-30(20-23-43(38)52(42)45-17-8-14-36-35-12-3-6-18-46(35)54-49(36)45)19-21-31-9-7-13-37-39-28-32(22-24-47(39)53-48(31)37)51-41-15-4-2-11-34(41)40-29-50-26-25-44(40)51/h1-18,20,22-29H,19,21H2. The molecule has 0 amide bonds. The van der Waals surface area contributed by atoms with Gasteiger partial charge in [0, 0.05) is 61.2 Å². The quantitative estimate of drug-likeness (QED) is 0.180. The van der Waals surface area contributed by atoms with Crippen molar-refractivity contribution < 1.29 is 8.83 Å². The summed E-state index contributed by atoms with van der Waals surface area (Å²) in [5.41, 5.74) is 13.0. The maximum Gasteiger partial charge on any atom is 0.159 e. The van der Waals surface area contributed by atoms with Gasteiger partial charge in [-0.15, -0.1) is 0 Å². The predicted octanol–water partition coefficient (Wildman–Crippen LogP) is 12.9. The molecule has 0 spiro atoms. The van der Waals surface area contributed by atoms with Crippen LogP contribution in [0.3, 0.4) is 0 Å². The van der Waals surface area contributed by atoms with Gasteiger partial charge in [0.1, 0.15) is 16.7 Å². The number of aryl methyl sites for hydroxylation is 2. The molecule has 54 heavy (non-hydrogen) atoms. The Kier molecular flexibility index (Phi) is 6.11. The van der Waals surface area contributed by atoms with Crippen LogP contribution in [-0.4, -0.2) is 14.1 Å². The summed E-state index contributed by atoms with van der Waals surface area (Å²) in [4.78, 5) is 4.43. The third-order valence-corrected chi connectivity index (χ3v) is 11.3. The van der Waals surface area contributed by atoms with Gasteiger partial charge in [-0.1, -0.05) is 91.0 Å². The Morgan fingerprint density at radius 2 is 1.09 bits per heavy atom. The van der Waals surface area contributed by atoms with Gasteiger partial charge in [0.15, 0.2) is 5.58 Å². The van der Waals surface area contributed by atoms with Crippen LogP contribution in [0.2, 0.25) is 0 Å². The molecule has 7 aromatic carbocycles. The molecular weight excluding hydrogens is 663 g/mol. The van der Waals surface area contributed by atoms with Crippen molar-refractivity contribution in [2.75, 3.05) is 0 Å². The fourth-order valence-corrected chi connectivity index (χ4v) is 8.90. The normalized spacial score (nSPS) is 12.2. The smallest absolute Gasteiger partial charge is 0.159 e. The van der Waals surface area contributed by atoms with Gasteiger partial charge < -0.3 is 18.0 Å². The SMILES string of the molecule is c1ccc2c(c1)oc1c(-n3c4ccccc4c4cc(CCc5cccc6c5oc5ccc(-n7c8ccccc8c8cnccc87)cc56)ccc43)cccc12. The Balaban J connectivity index is 0.931. The Morgan fingerprint density at radius 3 is 1.98 bits per heavy atom. The van der Waals surface area contributed by atoms with E-state index in [1.54, 1.807) is 0 Å². The topological polar surface area (TPSA) is 49.0 Å². The highest BCUT2D eigenvalue weighted by molar-refractivity contribution is 6.13. The highest BCUT2D eigenvalue weighted by atomic mass is 16.3. The fraction of sp³-hybridized carbons (Fsp3) is 0.0408. The van der Waals surface area contributed by atoms with E-state index in [2.05, 4.69) is 154 Å². The van der Waals surface area contributed by atoms with Gasteiger partial charge in [-0.2, -0.15) is 0 Å². The number of fused-ring (bicyclic) bond motifs is 12. The van der Waals surface area contributed by atoms with Crippen LogP contribution in [-0.2, 0) is 12.8 Å². The maximum atomic E-state index is 6.62. The summed E-state index contributed by atoms with van der Waals surface area (Å²) in [6.07, 6.45) is 5.59. The van der Waals surface area contributed by atoms with Crippen LogP contribution < -0.4 is 0 Å². The molecule has 0 fully saturated rings. The molecule has 0 N–H and O–H groups in total. The minimum absolute atomic E-state index is 0.867.